The van der Waals surface area contributed by atoms with E-state index in [1.807, 2.05) is 0 Å². The van der Waals surface area contributed by atoms with Gasteiger partial charge in [0.15, 0.2) is 0 Å². The van der Waals surface area contributed by atoms with Crippen molar-refractivity contribution in [1.82, 2.24) is 0 Å². The summed E-state index contributed by atoms with van der Waals surface area (Å²) < 4.78 is 16.2. The quantitative estimate of drug-likeness (QED) is 0.415. The third-order valence-corrected chi connectivity index (χ3v) is 5.05. The molecule has 0 radical (unpaired) electrons. The van der Waals surface area contributed by atoms with E-state index in [-0.39, 0.29) is 5.91 Å². The third-order valence-electron chi connectivity index (χ3n) is 2.20. The van der Waals surface area contributed by atoms with Gasteiger partial charge in [0.05, 0.1) is 0 Å². The van der Waals surface area contributed by atoms with Crippen molar-refractivity contribution in [3.8, 4) is 0 Å². The fourth-order valence-corrected chi connectivity index (χ4v) is 3.29. The maximum Gasteiger partial charge on any atom is 0.500 e. The molecule has 0 unspecified atom stereocenters. The number of carbonyl (C=O) groups excluding carboxylic acids is 1. The molecule has 0 aromatic rings. The maximum absolute atomic E-state index is 10.6. The van der Waals surface area contributed by atoms with E-state index >= 15 is 0 Å². The first-order valence-corrected chi connectivity index (χ1v) is 7.26. The highest BCUT2D eigenvalue weighted by atomic mass is 28.4. The summed E-state index contributed by atoms with van der Waals surface area (Å²) in [5.74, 6) is -0.322. The molecule has 0 bridgehead atoms. The molecule has 0 aliphatic heterocycles. The SMILES string of the molecule is CO[Si](CCCC(N)=O)(OC)OCCCN. The van der Waals surface area contributed by atoms with Gasteiger partial charge in [-0.25, -0.2) is 0 Å². The van der Waals surface area contributed by atoms with Crippen molar-refractivity contribution in [1.29, 1.82) is 0 Å². The molecule has 0 aromatic heterocycles. The van der Waals surface area contributed by atoms with Crippen LogP contribution < -0.4 is 11.5 Å². The van der Waals surface area contributed by atoms with Gasteiger partial charge >= 0.3 is 8.80 Å². The Bertz CT molecular complexity index is 200. The Morgan fingerprint density at radius 1 is 1.25 bits per heavy atom. The molecule has 0 aliphatic rings. The zero-order valence-electron chi connectivity index (χ0n) is 10.0. The lowest BCUT2D eigenvalue weighted by atomic mass is 10.3. The standard InChI is InChI=1S/C9H22N2O4Si/c1-13-16(14-2,15-7-4-6-10)8-3-5-9(11)12/h3-8,10H2,1-2H3,(H2,11,12). The minimum Gasteiger partial charge on any atom is -0.377 e. The predicted octanol–water partition coefficient (Wildman–Crippen LogP) is -0.151. The summed E-state index contributed by atoms with van der Waals surface area (Å²) in [6.45, 7) is 1.08. The van der Waals surface area contributed by atoms with Crippen molar-refractivity contribution in [2.24, 2.45) is 11.5 Å². The minimum atomic E-state index is -2.61. The van der Waals surface area contributed by atoms with Gasteiger partial charge in [0.2, 0.25) is 5.91 Å². The van der Waals surface area contributed by atoms with Crippen LogP contribution in [-0.4, -0.2) is 42.1 Å². The van der Waals surface area contributed by atoms with E-state index in [0.717, 1.165) is 6.42 Å². The van der Waals surface area contributed by atoms with Crippen LogP contribution in [0.1, 0.15) is 19.3 Å². The fourth-order valence-electron chi connectivity index (χ4n) is 1.27. The number of rotatable bonds is 10. The molecule has 0 atom stereocenters. The first kappa shape index (κ1) is 15.5. The molecule has 4 N–H and O–H groups in total. The number of hydrogen-bond acceptors (Lipinski definition) is 5. The second kappa shape index (κ2) is 8.65. The van der Waals surface area contributed by atoms with E-state index in [1.54, 1.807) is 14.2 Å². The van der Waals surface area contributed by atoms with Gasteiger partial charge in [-0.2, -0.15) is 0 Å². The van der Waals surface area contributed by atoms with Gasteiger partial charge in [-0.05, 0) is 19.4 Å². The molecule has 6 nitrogen and oxygen atoms in total. The van der Waals surface area contributed by atoms with Crippen molar-refractivity contribution in [2.75, 3.05) is 27.4 Å². The molecule has 0 aliphatic carbocycles. The van der Waals surface area contributed by atoms with E-state index < -0.39 is 8.80 Å². The lowest BCUT2D eigenvalue weighted by Gasteiger charge is -2.26. The largest absolute Gasteiger partial charge is 0.500 e. The van der Waals surface area contributed by atoms with Gasteiger partial charge in [-0.3, -0.25) is 4.79 Å². The van der Waals surface area contributed by atoms with Crippen molar-refractivity contribution < 1.29 is 18.1 Å². The fraction of sp³-hybridized carbons (Fsp3) is 0.889. The molecule has 0 aromatic carbocycles. The Morgan fingerprint density at radius 2 is 1.88 bits per heavy atom. The first-order chi connectivity index (χ1) is 7.60. The van der Waals surface area contributed by atoms with Crippen molar-refractivity contribution in [3.63, 3.8) is 0 Å². The first-order valence-electron chi connectivity index (χ1n) is 5.33. The summed E-state index contributed by atoms with van der Waals surface area (Å²) in [4.78, 5) is 10.6. The number of hydrogen-bond donors (Lipinski definition) is 2. The van der Waals surface area contributed by atoms with E-state index in [1.165, 1.54) is 0 Å². The Morgan fingerprint density at radius 3 is 2.31 bits per heavy atom. The molecule has 1 amide bonds. The summed E-state index contributed by atoms with van der Waals surface area (Å²) in [5.41, 5.74) is 10.4. The van der Waals surface area contributed by atoms with Crippen LogP contribution in [-0.2, 0) is 18.1 Å². The zero-order chi connectivity index (χ0) is 12.4. The zero-order valence-corrected chi connectivity index (χ0v) is 11.0. The highest BCUT2D eigenvalue weighted by molar-refractivity contribution is 6.60. The van der Waals surface area contributed by atoms with Crippen LogP contribution in [0.15, 0.2) is 0 Å². The summed E-state index contributed by atoms with van der Waals surface area (Å²) in [7, 11) is 0.505. The molecule has 0 rings (SSSR count). The summed E-state index contributed by atoms with van der Waals surface area (Å²) >= 11 is 0. The number of primary amides is 1. The average Bonchev–Trinajstić information content (AvgIpc) is 2.27. The second-order valence-electron chi connectivity index (χ2n) is 3.40. The molecule has 0 saturated heterocycles. The predicted molar refractivity (Wildman–Crippen MR) is 62.6 cm³/mol. The number of amides is 1. The topological polar surface area (TPSA) is 96.8 Å². The molecule has 0 fully saturated rings. The Balaban J connectivity index is 4.04. The number of nitrogens with two attached hydrogens (primary N) is 2. The monoisotopic (exact) mass is 250 g/mol. The molecule has 7 heteroatoms. The van der Waals surface area contributed by atoms with Crippen LogP contribution in [0.25, 0.3) is 0 Å². The Labute approximate surface area is 97.6 Å². The number of carbonyl (C=O) groups is 1. The van der Waals surface area contributed by atoms with Gasteiger partial charge in [-0.15, -0.1) is 0 Å². The maximum atomic E-state index is 10.6. The van der Waals surface area contributed by atoms with Gasteiger partial charge in [-0.1, -0.05) is 0 Å². The lowest BCUT2D eigenvalue weighted by molar-refractivity contribution is -0.118. The summed E-state index contributed by atoms with van der Waals surface area (Å²) in [5, 5.41) is 0. The highest BCUT2D eigenvalue weighted by Crippen LogP contribution is 2.17. The summed E-state index contributed by atoms with van der Waals surface area (Å²) in [6.07, 6.45) is 1.70. The Hall–Kier alpha value is -0.473. The van der Waals surface area contributed by atoms with Crippen molar-refractivity contribution in [2.45, 2.75) is 25.3 Å². The van der Waals surface area contributed by atoms with Gasteiger partial charge in [0.25, 0.3) is 0 Å². The summed E-state index contributed by atoms with van der Waals surface area (Å²) in [6, 6.07) is 0.591. The average molecular weight is 250 g/mol. The van der Waals surface area contributed by atoms with Gasteiger partial charge in [0.1, 0.15) is 0 Å². The molecule has 0 spiro atoms. The van der Waals surface area contributed by atoms with Crippen LogP contribution in [0, 0.1) is 0 Å². The van der Waals surface area contributed by atoms with Crippen molar-refractivity contribution >= 4 is 14.7 Å². The van der Waals surface area contributed by atoms with E-state index in [0.29, 0.717) is 32.0 Å². The molecule has 16 heavy (non-hydrogen) atoms. The van der Waals surface area contributed by atoms with Crippen LogP contribution in [0.4, 0.5) is 0 Å². The lowest BCUT2D eigenvalue weighted by Crippen LogP contribution is -2.44. The third kappa shape index (κ3) is 6.18. The van der Waals surface area contributed by atoms with Gasteiger partial charge in [0, 0.05) is 33.3 Å². The van der Waals surface area contributed by atoms with Crippen LogP contribution in [0.2, 0.25) is 6.04 Å². The van der Waals surface area contributed by atoms with Crippen LogP contribution >= 0.6 is 0 Å². The molecular weight excluding hydrogens is 228 g/mol. The molecule has 0 saturated carbocycles. The molecular formula is C9H22N2O4Si. The van der Waals surface area contributed by atoms with Crippen LogP contribution in [0.5, 0.6) is 0 Å². The molecule has 0 heterocycles. The molecule has 96 valence electrons. The minimum absolute atomic E-state index is 0.321. The van der Waals surface area contributed by atoms with Gasteiger partial charge < -0.3 is 24.7 Å². The smallest absolute Gasteiger partial charge is 0.377 e. The van der Waals surface area contributed by atoms with Crippen LogP contribution in [0.3, 0.4) is 0 Å². The highest BCUT2D eigenvalue weighted by Gasteiger charge is 2.38. The van der Waals surface area contributed by atoms with Crippen molar-refractivity contribution in [3.05, 3.63) is 0 Å². The van der Waals surface area contributed by atoms with E-state index in [2.05, 4.69) is 0 Å². The normalized spacial score (nSPS) is 11.7. The van der Waals surface area contributed by atoms with E-state index in [4.69, 9.17) is 24.7 Å². The van der Waals surface area contributed by atoms with E-state index in [9.17, 15) is 4.79 Å². The Kier molecular flexibility index (Phi) is 8.40. The second-order valence-corrected chi connectivity index (χ2v) is 6.37.